The number of aldehydes is 1. The lowest BCUT2D eigenvalue weighted by Crippen LogP contribution is -2.36. The highest BCUT2D eigenvalue weighted by Crippen LogP contribution is 1.97. The molecule has 0 bridgehead atoms. The second-order valence-corrected chi connectivity index (χ2v) is 2.88. The fourth-order valence-corrected chi connectivity index (χ4v) is 0.952. The molecule has 1 N–H and O–H groups in total. The quantitative estimate of drug-likeness (QED) is 0.524. The van der Waals surface area contributed by atoms with Gasteiger partial charge in [-0.2, -0.15) is 0 Å². The van der Waals surface area contributed by atoms with Gasteiger partial charge in [-0.1, -0.05) is 6.08 Å². The van der Waals surface area contributed by atoms with Crippen LogP contribution in [0, 0.1) is 0 Å². The van der Waals surface area contributed by atoms with Crippen LogP contribution in [0.15, 0.2) is 12.2 Å². The van der Waals surface area contributed by atoms with Crippen molar-refractivity contribution < 1.29 is 19.1 Å². The van der Waals surface area contributed by atoms with E-state index in [0.717, 1.165) is 0 Å². The second kappa shape index (κ2) is 7.73. The predicted octanol–water partition coefficient (Wildman–Crippen LogP) is 0.835. The van der Waals surface area contributed by atoms with E-state index in [1.54, 1.807) is 13.0 Å². The third-order valence-corrected chi connectivity index (χ3v) is 1.71. The first kappa shape index (κ1) is 13.4. The molecule has 1 atom stereocenters. The zero-order valence-corrected chi connectivity index (χ0v) is 8.86. The van der Waals surface area contributed by atoms with E-state index in [-0.39, 0.29) is 18.6 Å². The van der Waals surface area contributed by atoms with E-state index in [1.165, 1.54) is 13.2 Å². The van der Waals surface area contributed by atoms with E-state index in [0.29, 0.717) is 6.29 Å². The van der Waals surface area contributed by atoms with Gasteiger partial charge in [0.2, 0.25) is 0 Å². The Labute approximate surface area is 88.5 Å². The summed E-state index contributed by atoms with van der Waals surface area (Å²) in [6, 6.07) is -0.674. The van der Waals surface area contributed by atoms with E-state index in [2.05, 4.69) is 10.1 Å². The summed E-state index contributed by atoms with van der Waals surface area (Å²) < 4.78 is 4.33. The number of rotatable bonds is 6. The molecule has 0 aliphatic carbocycles. The van der Waals surface area contributed by atoms with Gasteiger partial charge in [-0.25, -0.2) is 4.79 Å². The highest BCUT2D eigenvalue weighted by Gasteiger charge is 2.12. The Bertz CT molecular complexity index is 260. The average Bonchev–Trinajstić information content (AvgIpc) is 2.24. The summed E-state index contributed by atoms with van der Waals surface area (Å²) in [5.41, 5.74) is 0. The molecule has 1 amide bonds. The minimum absolute atomic E-state index is 0.0731. The number of allylic oxidation sites excluding steroid dienone is 2. The molecule has 5 nitrogen and oxygen atoms in total. The van der Waals surface area contributed by atoms with Gasteiger partial charge >= 0.3 is 6.09 Å². The molecule has 0 aromatic carbocycles. The number of hydrogen-bond acceptors (Lipinski definition) is 4. The number of ketones is 1. The van der Waals surface area contributed by atoms with E-state index >= 15 is 0 Å². The Kier molecular flexibility index (Phi) is 6.88. The van der Waals surface area contributed by atoms with Crippen molar-refractivity contribution in [3.8, 4) is 0 Å². The molecular weight excluding hydrogens is 198 g/mol. The lowest BCUT2D eigenvalue weighted by Gasteiger charge is -2.09. The molecule has 0 aromatic rings. The monoisotopic (exact) mass is 213 g/mol. The largest absolute Gasteiger partial charge is 0.453 e. The van der Waals surface area contributed by atoms with Crippen molar-refractivity contribution in [2.75, 3.05) is 7.11 Å². The van der Waals surface area contributed by atoms with Crippen LogP contribution in [0.1, 0.15) is 19.8 Å². The van der Waals surface area contributed by atoms with Gasteiger partial charge in [-0.05, 0) is 19.4 Å². The van der Waals surface area contributed by atoms with Crippen molar-refractivity contribution in [2.24, 2.45) is 0 Å². The number of methoxy groups -OCH3 is 1. The maximum absolute atomic E-state index is 11.1. The summed E-state index contributed by atoms with van der Waals surface area (Å²) in [5, 5.41) is 2.31. The van der Waals surface area contributed by atoms with Crippen LogP contribution < -0.4 is 5.32 Å². The van der Waals surface area contributed by atoms with Crippen molar-refractivity contribution in [3.05, 3.63) is 12.2 Å². The van der Waals surface area contributed by atoms with Crippen LogP contribution in [0.2, 0.25) is 0 Å². The molecule has 15 heavy (non-hydrogen) atoms. The van der Waals surface area contributed by atoms with Crippen LogP contribution in [0.4, 0.5) is 4.79 Å². The molecule has 0 saturated heterocycles. The number of carbonyl (C=O) groups excluding carboxylic acids is 3. The zero-order chi connectivity index (χ0) is 11.7. The van der Waals surface area contributed by atoms with Crippen LogP contribution in [-0.4, -0.2) is 31.3 Å². The first-order chi connectivity index (χ1) is 7.13. The number of nitrogens with one attached hydrogen (secondary N) is 1. The fraction of sp³-hybridized carbons (Fsp3) is 0.500. The Morgan fingerprint density at radius 2 is 2.13 bits per heavy atom. The van der Waals surface area contributed by atoms with Crippen molar-refractivity contribution in [1.29, 1.82) is 0 Å². The first-order valence-corrected chi connectivity index (χ1v) is 4.59. The molecule has 0 spiro atoms. The summed E-state index contributed by atoms with van der Waals surface area (Å²) in [5.74, 6) is -0.0731. The van der Waals surface area contributed by atoms with Crippen LogP contribution >= 0.6 is 0 Å². The Balaban J connectivity index is 3.95. The Morgan fingerprint density at radius 1 is 1.47 bits per heavy atom. The molecule has 0 radical (unpaired) electrons. The number of hydrogen-bond donors (Lipinski definition) is 1. The SMILES string of the molecule is CC=CC(=O)CCC(C=O)NC(=O)OC. The summed E-state index contributed by atoms with van der Waals surface area (Å²) in [4.78, 5) is 32.4. The van der Waals surface area contributed by atoms with Crippen LogP contribution in [0.3, 0.4) is 0 Å². The zero-order valence-electron chi connectivity index (χ0n) is 8.86. The number of alkyl carbamates (subject to hydrolysis) is 1. The molecule has 5 heteroatoms. The van der Waals surface area contributed by atoms with Gasteiger partial charge < -0.3 is 14.8 Å². The third kappa shape index (κ3) is 6.42. The van der Waals surface area contributed by atoms with Gasteiger partial charge in [-0.15, -0.1) is 0 Å². The van der Waals surface area contributed by atoms with Gasteiger partial charge in [0.1, 0.15) is 6.29 Å². The lowest BCUT2D eigenvalue weighted by atomic mass is 10.1. The fourth-order valence-electron chi connectivity index (χ4n) is 0.952. The molecule has 1 unspecified atom stereocenters. The van der Waals surface area contributed by atoms with E-state index in [9.17, 15) is 14.4 Å². The topological polar surface area (TPSA) is 72.5 Å². The molecule has 0 aliphatic rings. The van der Waals surface area contributed by atoms with Gasteiger partial charge in [0.15, 0.2) is 5.78 Å². The maximum atomic E-state index is 11.1. The van der Waals surface area contributed by atoms with Gasteiger partial charge in [0.25, 0.3) is 0 Å². The maximum Gasteiger partial charge on any atom is 0.407 e. The standard InChI is InChI=1S/C10H15NO4/c1-3-4-9(13)6-5-8(7-12)11-10(14)15-2/h3-4,7-8H,5-6H2,1-2H3,(H,11,14). The smallest absolute Gasteiger partial charge is 0.407 e. The molecule has 0 aliphatic heterocycles. The summed E-state index contributed by atoms with van der Waals surface area (Å²) >= 11 is 0. The molecule has 0 saturated carbocycles. The van der Waals surface area contributed by atoms with Crippen LogP contribution in [-0.2, 0) is 14.3 Å². The van der Waals surface area contributed by atoms with Gasteiger partial charge in [0, 0.05) is 6.42 Å². The minimum Gasteiger partial charge on any atom is -0.453 e. The van der Waals surface area contributed by atoms with Gasteiger partial charge in [-0.3, -0.25) is 4.79 Å². The number of amides is 1. The average molecular weight is 213 g/mol. The van der Waals surface area contributed by atoms with E-state index in [1.807, 2.05) is 0 Å². The highest BCUT2D eigenvalue weighted by atomic mass is 16.5. The van der Waals surface area contributed by atoms with E-state index < -0.39 is 12.1 Å². The van der Waals surface area contributed by atoms with Crippen molar-refractivity contribution in [2.45, 2.75) is 25.8 Å². The molecule has 0 heterocycles. The van der Waals surface area contributed by atoms with E-state index in [4.69, 9.17) is 0 Å². The molecular formula is C10H15NO4. The van der Waals surface area contributed by atoms with Crippen molar-refractivity contribution in [3.63, 3.8) is 0 Å². The number of carbonyl (C=O) groups is 3. The molecule has 0 fully saturated rings. The lowest BCUT2D eigenvalue weighted by molar-refractivity contribution is -0.115. The second-order valence-electron chi connectivity index (χ2n) is 2.88. The normalized spacial score (nSPS) is 12.1. The minimum atomic E-state index is -0.675. The Hall–Kier alpha value is -1.65. The van der Waals surface area contributed by atoms with Crippen LogP contribution in [0.25, 0.3) is 0 Å². The highest BCUT2D eigenvalue weighted by molar-refractivity contribution is 5.89. The predicted molar refractivity (Wildman–Crippen MR) is 54.4 cm³/mol. The van der Waals surface area contributed by atoms with Crippen molar-refractivity contribution in [1.82, 2.24) is 5.32 Å². The molecule has 84 valence electrons. The van der Waals surface area contributed by atoms with Gasteiger partial charge in [0.05, 0.1) is 13.2 Å². The Morgan fingerprint density at radius 3 is 2.60 bits per heavy atom. The van der Waals surface area contributed by atoms with Crippen molar-refractivity contribution >= 4 is 18.2 Å². The van der Waals surface area contributed by atoms with Crippen LogP contribution in [0.5, 0.6) is 0 Å². The summed E-state index contributed by atoms with van der Waals surface area (Å²) in [6.45, 7) is 1.74. The number of ether oxygens (including phenoxy) is 1. The summed E-state index contributed by atoms with van der Waals surface area (Å²) in [6.07, 6.45) is 3.47. The first-order valence-electron chi connectivity index (χ1n) is 4.59. The molecule has 0 aromatic heterocycles. The third-order valence-electron chi connectivity index (χ3n) is 1.71. The molecule has 0 rings (SSSR count). The summed E-state index contributed by atoms with van der Waals surface area (Å²) in [7, 11) is 1.21.